The molecule has 1 nitrogen and oxygen atoms in total. The van der Waals surface area contributed by atoms with Crippen LogP contribution in [-0.2, 0) is 0 Å². The summed E-state index contributed by atoms with van der Waals surface area (Å²) in [4.78, 5) is 0. The van der Waals surface area contributed by atoms with Gasteiger partial charge in [-0.3, -0.25) is 0 Å². The zero-order valence-corrected chi connectivity index (χ0v) is 19.7. The van der Waals surface area contributed by atoms with Crippen molar-refractivity contribution in [2.45, 2.75) is 84.0 Å². The van der Waals surface area contributed by atoms with Crippen molar-refractivity contribution in [2.75, 3.05) is 6.61 Å². The second-order valence-corrected chi connectivity index (χ2v) is 10.1. The van der Waals surface area contributed by atoms with E-state index in [0.717, 1.165) is 36.2 Å². The van der Waals surface area contributed by atoms with Gasteiger partial charge in [0.05, 0.1) is 5.39 Å². The smallest absolute Gasteiger partial charge is 0.175 e. The number of hydrogen-bond acceptors (Lipinski definition) is 1. The Morgan fingerprint density at radius 1 is 1.00 bits per heavy atom. The Morgan fingerprint density at radius 2 is 1.81 bits per heavy atom. The number of halogens is 2. The van der Waals surface area contributed by atoms with E-state index in [1.807, 2.05) is 19.1 Å². The number of benzene rings is 2. The van der Waals surface area contributed by atoms with Crippen molar-refractivity contribution in [1.29, 1.82) is 0 Å². The molecule has 2 saturated carbocycles. The van der Waals surface area contributed by atoms with Crippen LogP contribution in [0.3, 0.4) is 0 Å². The van der Waals surface area contributed by atoms with E-state index in [-0.39, 0.29) is 17.7 Å². The molecule has 0 aliphatic heterocycles. The molecule has 0 spiro atoms. The number of fused-ring (bicyclic) bond motifs is 2. The Labute approximate surface area is 192 Å². The number of ether oxygens (including phenoxy) is 1. The van der Waals surface area contributed by atoms with Gasteiger partial charge in [-0.25, -0.2) is 8.78 Å². The molecule has 0 saturated heterocycles. The van der Waals surface area contributed by atoms with Gasteiger partial charge in [0.25, 0.3) is 0 Å². The van der Waals surface area contributed by atoms with Crippen LogP contribution in [0.2, 0.25) is 0 Å². The number of rotatable bonds is 8. The lowest BCUT2D eigenvalue weighted by Gasteiger charge is -2.42. The van der Waals surface area contributed by atoms with E-state index < -0.39 is 11.6 Å². The maximum absolute atomic E-state index is 15.1. The maximum Gasteiger partial charge on any atom is 0.175 e. The number of allylic oxidation sites excluding steroid dienone is 1. The highest BCUT2D eigenvalue weighted by molar-refractivity contribution is 5.86. The van der Waals surface area contributed by atoms with E-state index in [0.29, 0.717) is 11.3 Å². The molecular weight excluding hydrogens is 402 g/mol. The van der Waals surface area contributed by atoms with Crippen LogP contribution < -0.4 is 4.74 Å². The molecule has 0 bridgehead atoms. The first-order valence-corrected chi connectivity index (χ1v) is 12.8. The molecule has 0 amide bonds. The average Bonchev–Trinajstić information content (AvgIpc) is 2.80. The Morgan fingerprint density at radius 3 is 2.62 bits per heavy atom. The lowest BCUT2D eigenvalue weighted by molar-refractivity contribution is 0.113. The number of hydrogen-bond donors (Lipinski definition) is 0. The van der Waals surface area contributed by atoms with Crippen molar-refractivity contribution in [3.8, 4) is 5.75 Å². The summed E-state index contributed by atoms with van der Waals surface area (Å²) in [7, 11) is 0. The van der Waals surface area contributed by atoms with Crippen LogP contribution in [0.25, 0.3) is 10.8 Å². The summed E-state index contributed by atoms with van der Waals surface area (Å²) >= 11 is 0. The molecule has 2 aliphatic carbocycles. The molecule has 2 aromatic rings. The molecule has 3 heteroatoms. The van der Waals surface area contributed by atoms with Gasteiger partial charge in [-0.05, 0) is 85.8 Å². The van der Waals surface area contributed by atoms with Gasteiger partial charge in [0.15, 0.2) is 11.6 Å². The Hall–Kier alpha value is -1.90. The van der Waals surface area contributed by atoms with Gasteiger partial charge >= 0.3 is 0 Å². The molecule has 4 unspecified atom stereocenters. The van der Waals surface area contributed by atoms with Gasteiger partial charge in [0.2, 0.25) is 0 Å². The molecule has 2 aliphatic rings. The van der Waals surface area contributed by atoms with Crippen LogP contribution in [0.4, 0.5) is 8.78 Å². The van der Waals surface area contributed by atoms with Crippen LogP contribution >= 0.6 is 0 Å². The fourth-order valence-corrected chi connectivity index (χ4v) is 6.19. The van der Waals surface area contributed by atoms with Gasteiger partial charge in [0.1, 0.15) is 12.4 Å². The molecule has 0 radical (unpaired) electrons. The fourth-order valence-electron chi connectivity index (χ4n) is 6.19. The monoisotopic (exact) mass is 440 g/mol. The van der Waals surface area contributed by atoms with Gasteiger partial charge in [-0.1, -0.05) is 63.3 Å². The predicted molar refractivity (Wildman–Crippen MR) is 129 cm³/mol. The average molecular weight is 441 g/mol. The highest BCUT2D eigenvalue weighted by atomic mass is 19.1. The van der Waals surface area contributed by atoms with Crippen molar-refractivity contribution < 1.29 is 13.5 Å². The third-order valence-corrected chi connectivity index (χ3v) is 7.97. The molecule has 32 heavy (non-hydrogen) atoms. The van der Waals surface area contributed by atoms with E-state index in [1.165, 1.54) is 51.4 Å². The van der Waals surface area contributed by atoms with E-state index >= 15 is 4.39 Å². The van der Waals surface area contributed by atoms with Crippen molar-refractivity contribution in [3.63, 3.8) is 0 Å². The maximum atomic E-state index is 15.1. The van der Waals surface area contributed by atoms with E-state index in [4.69, 9.17) is 4.74 Å². The summed E-state index contributed by atoms with van der Waals surface area (Å²) in [5.74, 6) is 1.98. The van der Waals surface area contributed by atoms with Crippen LogP contribution in [0.5, 0.6) is 5.75 Å². The summed E-state index contributed by atoms with van der Waals surface area (Å²) < 4.78 is 35.4. The second kappa shape index (κ2) is 10.8. The van der Waals surface area contributed by atoms with E-state index in [2.05, 4.69) is 6.92 Å². The molecule has 4 rings (SSSR count). The van der Waals surface area contributed by atoms with Crippen LogP contribution in [0, 0.1) is 29.4 Å². The number of unbranched alkanes of at least 4 members (excludes halogenated alkanes) is 2. The van der Waals surface area contributed by atoms with E-state index in [1.54, 1.807) is 24.3 Å². The topological polar surface area (TPSA) is 9.23 Å². The van der Waals surface area contributed by atoms with Crippen LogP contribution in [-0.4, -0.2) is 6.61 Å². The van der Waals surface area contributed by atoms with E-state index in [9.17, 15) is 4.39 Å². The minimum atomic E-state index is -0.596. The third-order valence-electron chi connectivity index (χ3n) is 7.97. The summed E-state index contributed by atoms with van der Waals surface area (Å²) in [6.45, 7) is 4.44. The molecule has 4 atom stereocenters. The van der Waals surface area contributed by atoms with Gasteiger partial charge in [-0.2, -0.15) is 0 Å². The lowest BCUT2D eigenvalue weighted by atomic mass is 9.63. The first-order valence-electron chi connectivity index (χ1n) is 12.8. The minimum absolute atomic E-state index is 0.0491. The van der Waals surface area contributed by atoms with Crippen molar-refractivity contribution in [3.05, 3.63) is 53.6 Å². The summed E-state index contributed by atoms with van der Waals surface area (Å²) in [6, 6.07) is 7.02. The zero-order chi connectivity index (χ0) is 22.5. The standard InChI is InChI=1S/C29H38F2O/c1-3-5-7-8-20-9-10-22-17-23(12-11-21(22)16-20)25-18-24-13-14-27(32-15-6-4-2)29(31)28(24)26(30)19-25/h4,6,13-14,18-23H,3,5,7-12,15-17H2,1-2H3. The summed E-state index contributed by atoms with van der Waals surface area (Å²) in [5, 5.41) is 0.686. The zero-order valence-electron chi connectivity index (χ0n) is 19.7. The van der Waals surface area contributed by atoms with Gasteiger partial charge in [-0.15, -0.1) is 0 Å². The SMILES string of the molecule is CC=CCOc1ccc2cc(C3CCC4CC(CCCCC)CCC4C3)cc(F)c2c1F. The molecule has 0 aromatic heterocycles. The quantitative estimate of drug-likeness (QED) is 0.294. The van der Waals surface area contributed by atoms with Crippen molar-refractivity contribution in [1.82, 2.24) is 0 Å². The predicted octanol–water partition coefficient (Wildman–Crippen LogP) is 8.95. The molecule has 0 N–H and O–H groups in total. The Balaban J connectivity index is 1.45. The first-order chi connectivity index (χ1) is 15.6. The van der Waals surface area contributed by atoms with Gasteiger partial charge in [0, 0.05) is 0 Å². The lowest BCUT2D eigenvalue weighted by Crippen LogP contribution is -2.30. The summed E-state index contributed by atoms with van der Waals surface area (Å²) in [5.41, 5.74) is 1.04. The third kappa shape index (κ3) is 5.18. The van der Waals surface area contributed by atoms with Crippen LogP contribution in [0.1, 0.15) is 89.5 Å². The van der Waals surface area contributed by atoms with Crippen molar-refractivity contribution in [2.24, 2.45) is 17.8 Å². The van der Waals surface area contributed by atoms with Gasteiger partial charge < -0.3 is 4.74 Å². The minimum Gasteiger partial charge on any atom is -0.486 e. The normalized spacial score (nSPS) is 25.9. The molecule has 2 fully saturated rings. The highest BCUT2D eigenvalue weighted by Gasteiger charge is 2.36. The van der Waals surface area contributed by atoms with Crippen molar-refractivity contribution >= 4 is 10.8 Å². The molecular formula is C29H38F2O. The highest BCUT2D eigenvalue weighted by Crippen LogP contribution is 2.49. The molecule has 174 valence electrons. The largest absolute Gasteiger partial charge is 0.486 e. The Bertz CT molecular complexity index is 934. The van der Waals surface area contributed by atoms with Crippen LogP contribution in [0.15, 0.2) is 36.4 Å². The molecule has 2 aromatic carbocycles. The second-order valence-electron chi connectivity index (χ2n) is 10.1. The summed E-state index contributed by atoms with van der Waals surface area (Å²) in [6.07, 6.45) is 16.7. The molecule has 0 heterocycles. The first kappa shape index (κ1) is 23.3. The fraction of sp³-hybridized carbons (Fsp3) is 0.586. The Kier molecular flexibility index (Phi) is 7.86.